The fourth-order valence-corrected chi connectivity index (χ4v) is 6.18. The highest BCUT2D eigenvalue weighted by atomic mass is 79.9. The number of fused-ring (bicyclic) bond motifs is 1. The number of Topliss-reactive ketones (excluding diaryl/α,β-unsaturated/α-hetero) is 1. The van der Waals surface area contributed by atoms with Crippen molar-refractivity contribution >= 4 is 60.1 Å². The minimum atomic E-state index is -0.848. The van der Waals surface area contributed by atoms with Crippen molar-refractivity contribution in [1.82, 2.24) is 4.98 Å². The van der Waals surface area contributed by atoms with E-state index in [1.807, 2.05) is 57.2 Å². The number of aliphatic hydroxyl groups is 1. The highest BCUT2D eigenvalue weighted by Crippen LogP contribution is 2.45. The van der Waals surface area contributed by atoms with Gasteiger partial charge in [-0.3, -0.25) is 14.5 Å². The van der Waals surface area contributed by atoms with Crippen molar-refractivity contribution in [3.05, 3.63) is 93.0 Å². The number of hydrogen-bond donors (Lipinski definition) is 1. The molecule has 1 saturated heterocycles. The Kier molecular flexibility index (Phi) is 6.88. The molecule has 1 fully saturated rings. The van der Waals surface area contributed by atoms with Crippen molar-refractivity contribution in [3.63, 3.8) is 0 Å². The molecule has 6 nitrogen and oxygen atoms in total. The molecule has 1 aliphatic rings. The summed E-state index contributed by atoms with van der Waals surface area (Å²) < 4.78 is 7.44. The summed E-state index contributed by atoms with van der Waals surface area (Å²) in [6.45, 7) is 6.53. The molecule has 0 saturated carbocycles. The molecule has 1 N–H and O–H groups in total. The third-order valence-corrected chi connectivity index (χ3v) is 7.71. The van der Waals surface area contributed by atoms with Gasteiger partial charge in [0, 0.05) is 10.0 Å². The van der Waals surface area contributed by atoms with Gasteiger partial charge in [0.1, 0.15) is 11.5 Å². The number of anilines is 1. The average Bonchev–Trinajstić information content (AvgIpc) is 3.41. The maximum absolute atomic E-state index is 13.5. The Balaban J connectivity index is 1.70. The lowest BCUT2D eigenvalue weighted by molar-refractivity contribution is -0.132. The molecule has 37 heavy (non-hydrogen) atoms. The molecule has 0 aliphatic carbocycles. The maximum atomic E-state index is 13.5. The van der Waals surface area contributed by atoms with Crippen LogP contribution in [0.4, 0.5) is 5.13 Å². The Morgan fingerprint density at radius 1 is 1.11 bits per heavy atom. The number of thiazole rings is 1. The Labute approximate surface area is 227 Å². The molecular formula is C29H25BrN2O4S. The number of carbonyl (C=O) groups is 2. The number of rotatable bonds is 6. The first-order valence-electron chi connectivity index (χ1n) is 12.0. The predicted octanol–water partition coefficient (Wildman–Crippen LogP) is 7.09. The molecule has 3 aromatic carbocycles. The van der Waals surface area contributed by atoms with E-state index in [9.17, 15) is 14.7 Å². The molecule has 5 rings (SSSR count). The van der Waals surface area contributed by atoms with Crippen LogP contribution in [0.5, 0.6) is 5.75 Å². The number of benzene rings is 3. The van der Waals surface area contributed by atoms with E-state index in [4.69, 9.17) is 9.72 Å². The van der Waals surface area contributed by atoms with Crippen LogP contribution in [0.15, 0.2) is 70.7 Å². The van der Waals surface area contributed by atoms with E-state index in [0.29, 0.717) is 28.6 Å². The molecule has 0 spiro atoms. The van der Waals surface area contributed by atoms with Crippen LogP contribution < -0.4 is 9.64 Å². The molecular weight excluding hydrogens is 552 g/mol. The molecule has 8 heteroatoms. The zero-order chi connectivity index (χ0) is 26.3. The van der Waals surface area contributed by atoms with E-state index in [0.717, 1.165) is 32.2 Å². The predicted molar refractivity (Wildman–Crippen MR) is 150 cm³/mol. The minimum absolute atomic E-state index is 0.0166. The van der Waals surface area contributed by atoms with E-state index in [2.05, 4.69) is 15.9 Å². The number of nitrogens with zero attached hydrogens (tertiary/aromatic N) is 2. The lowest BCUT2D eigenvalue weighted by Crippen LogP contribution is -2.29. The van der Waals surface area contributed by atoms with E-state index in [1.165, 1.54) is 16.2 Å². The van der Waals surface area contributed by atoms with Crippen molar-refractivity contribution in [2.24, 2.45) is 0 Å². The number of aliphatic hydroxyl groups excluding tert-OH is 1. The van der Waals surface area contributed by atoms with Gasteiger partial charge in [-0.15, -0.1) is 0 Å². The van der Waals surface area contributed by atoms with Crippen LogP contribution in [0.25, 0.3) is 16.0 Å². The van der Waals surface area contributed by atoms with Crippen LogP contribution in [0.3, 0.4) is 0 Å². The molecule has 1 atom stereocenters. The first kappa shape index (κ1) is 25.2. The summed E-state index contributed by atoms with van der Waals surface area (Å²) in [5, 5.41) is 11.9. The number of carbonyl (C=O) groups excluding carboxylic acids is 2. The highest BCUT2D eigenvalue weighted by molar-refractivity contribution is 9.10. The van der Waals surface area contributed by atoms with Crippen molar-refractivity contribution in [1.29, 1.82) is 0 Å². The van der Waals surface area contributed by atoms with Crippen LogP contribution in [-0.2, 0) is 9.59 Å². The second-order valence-electron chi connectivity index (χ2n) is 9.03. The summed E-state index contributed by atoms with van der Waals surface area (Å²) in [6.07, 6.45) is 0.839. The van der Waals surface area contributed by atoms with Gasteiger partial charge in [-0.25, -0.2) is 4.98 Å². The smallest absolute Gasteiger partial charge is 0.301 e. The van der Waals surface area contributed by atoms with Crippen molar-refractivity contribution < 1.29 is 19.4 Å². The lowest BCUT2D eigenvalue weighted by atomic mass is 9.95. The third-order valence-electron chi connectivity index (χ3n) is 6.21. The molecule has 4 aromatic rings. The van der Waals surface area contributed by atoms with Gasteiger partial charge >= 0.3 is 5.91 Å². The van der Waals surface area contributed by atoms with Gasteiger partial charge in [0.2, 0.25) is 0 Å². The van der Waals surface area contributed by atoms with Gasteiger partial charge in [0.05, 0.1) is 28.4 Å². The first-order chi connectivity index (χ1) is 17.8. The van der Waals surface area contributed by atoms with Gasteiger partial charge in [-0.1, -0.05) is 64.5 Å². The molecule has 1 amide bonds. The summed E-state index contributed by atoms with van der Waals surface area (Å²) in [5.41, 5.74) is 3.99. The fraction of sp³-hybridized carbons (Fsp3) is 0.207. The summed E-state index contributed by atoms with van der Waals surface area (Å²) in [6, 6.07) is 17.5. The van der Waals surface area contributed by atoms with Gasteiger partial charge in [-0.2, -0.15) is 0 Å². The quantitative estimate of drug-likeness (QED) is 0.150. The Hall–Kier alpha value is -3.49. The number of aryl methyl sites for hydroxylation is 2. The van der Waals surface area contributed by atoms with Crippen LogP contribution >= 0.6 is 27.3 Å². The highest BCUT2D eigenvalue weighted by Gasteiger charge is 2.48. The van der Waals surface area contributed by atoms with Crippen molar-refractivity contribution in [2.75, 3.05) is 11.5 Å². The monoisotopic (exact) mass is 576 g/mol. The Bertz CT molecular complexity index is 1580. The summed E-state index contributed by atoms with van der Waals surface area (Å²) >= 11 is 4.86. The number of hydrogen-bond acceptors (Lipinski definition) is 6. The zero-order valence-electron chi connectivity index (χ0n) is 20.6. The largest absolute Gasteiger partial charge is 0.507 e. The minimum Gasteiger partial charge on any atom is -0.507 e. The SMILES string of the molecule is CCCOc1cccc(/C(O)=C2\C(=O)C(=O)N(c3nc4c(C)cc(C)cc4s3)C2c2cccc(Br)c2)c1. The maximum Gasteiger partial charge on any atom is 0.301 e. The molecule has 0 radical (unpaired) electrons. The zero-order valence-corrected chi connectivity index (χ0v) is 23.0. The number of ether oxygens (including phenoxy) is 1. The molecule has 0 bridgehead atoms. The number of halogens is 1. The van der Waals surface area contributed by atoms with Gasteiger partial charge in [0.25, 0.3) is 5.78 Å². The molecule has 1 aromatic heterocycles. The van der Waals surface area contributed by atoms with Crippen molar-refractivity contribution in [2.45, 2.75) is 33.2 Å². The third kappa shape index (κ3) is 4.67. The van der Waals surface area contributed by atoms with Crippen LogP contribution in [0.1, 0.15) is 41.6 Å². The van der Waals surface area contributed by atoms with Crippen molar-refractivity contribution in [3.8, 4) is 5.75 Å². The Morgan fingerprint density at radius 2 is 1.89 bits per heavy atom. The van der Waals surface area contributed by atoms with E-state index >= 15 is 0 Å². The summed E-state index contributed by atoms with van der Waals surface area (Å²) in [5.74, 6) is -1.15. The average molecular weight is 578 g/mol. The summed E-state index contributed by atoms with van der Waals surface area (Å²) in [4.78, 5) is 33.2. The second kappa shape index (κ2) is 10.1. The lowest BCUT2D eigenvalue weighted by Gasteiger charge is -2.23. The van der Waals surface area contributed by atoms with E-state index in [1.54, 1.807) is 24.3 Å². The molecule has 1 aliphatic heterocycles. The van der Waals surface area contributed by atoms with Gasteiger partial charge in [0.15, 0.2) is 5.13 Å². The number of aromatic nitrogens is 1. The van der Waals surface area contributed by atoms with Crippen LogP contribution in [0.2, 0.25) is 0 Å². The molecule has 2 heterocycles. The molecule has 188 valence electrons. The fourth-order valence-electron chi connectivity index (χ4n) is 4.59. The number of ketones is 1. The van der Waals surface area contributed by atoms with Crippen LogP contribution in [0, 0.1) is 13.8 Å². The molecule has 1 unspecified atom stereocenters. The normalized spacial score (nSPS) is 17.1. The van der Waals surface area contributed by atoms with E-state index < -0.39 is 17.7 Å². The number of amides is 1. The first-order valence-corrected chi connectivity index (χ1v) is 13.6. The standard InChI is InChI=1S/C29H25BrN2O4S/c1-4-11-36-21-10-6-8-19(15-21)26(33)23-25(18-7-5-9-20(30)14-18)32(28(35)27(23)34)29-31-24-17(3)12-16(2)13-22(24)37-29/h5-10,12-15,25,33H,4,11H2,1-3H3/b26-23+. The Morgan fingerprint density at radius 3 is 2.65 bits per heavy atom. The van der Waals surface area contributed by atoms with Gasteiger partial charge in [-0.05, 0) is 67.3 Å². The topological polar surface area (TPSA) is 79.7 Å². The second-order valence-corrected chi connectivity index (χ2v) is 11.0. The van der Waals surface area contributed by atoms with Crippen LogP contribution in [-0.4, -0.2) is 28.4 Å². The summed E-state index contributed by atoms with van der Waals surface area (Å²) in [7, 11) is 0. The van der Waals surface area contributed by atoms with Gasteiger partial charge < -0.3 is 9.84 Å². The van der Waals surface area contributed by atoms with E-state index in [-0.39, 0.29) is 11.3 Å².